The van der Waals surface area contributed by atoms with Crippen molar-refractivity contribution in [3.63, 3.8) is 0 Å². The summed E-state index contributed by atoms with van der Waals surface area (Å²) < 4.78 is 10.2. The number of likely N-dealkylation sites (N-methyl/N-ethyl adjacent to an activating group) is 1. The Morgan fingerprint density at radius 1 is 1.05 bits per heavy atom. The molecule has 0 aliphatic carbocycles. The highest BCUT2D eigenvalue weighted by molar-refractivity contribution is 6.01. The van der Waals surface area contributed by atoms with Crippen LogP contribution in [0.5, 0.6) is 11.5 Å². The van der Waals surface area contributed by atoms with Gasteiger partial charge in [0.1, 0.15) is 11.5 Å². The Kier molecular flexibility index (Phi) is 5.60. The van der Waals surface area contributed by atoms with Crippen LogP contribution in [-0.2, 0) is 9.59 Å². The lowest BCUT2D eigenvalue weighted by Gasteiger charge is -2.15. The first-order chi connectivity index (χ1) is 9.72. The number of carbonyl (C=O) groups is 3. The van der Waals surface area contributed by atoms with Gasteiger partial charge in [0, 0.05) is 19.4 Å². The van der Waals surface area contributed by atoms with Gasteiger partial charge in [-0.1, -0.05) is 0 Å². The molecule has 0 bridgehead atoms. The van der Waals surface area contributed by atoms with Gasteiger partial charge in [-0.15, -0.1) is 0 Å². The molecule has 0 N–H and O–H groups in total. The van der Waals surface area contributed by atoms with E-state index in [0.717, 1.165) is 0 Å². The number of Topliss-reactive ketones (excluding diaryl/α,β-unsaturated/α-hetero) is 1. The summed E-state index contributed by atoms with van der Waals surface area (Å²) in [6.45, 7) is 4.33. The van der Waals surface area contributed by atoms with Crippen LogP contribution in [0.4, 0.5) is 0 Å². The zero-order valence-electron chi connectivity index (χ0n) is 12.9. The van der Waals surface area contributed by atoms with Gasteiger partial charge in [-0.05, 0) is 33.2 Å². The van der Waals surface area contributed by atoms with Crippen molar-refractivity contribution in [2.24, 2.45) is 0 Å². The lowest BCUT2D eigenvalue weighted by atomic mass is 10.0. The Labute approximate surface area is 123 Å². The Bertz CT molecular complexity index is 578. The third-order valence-corrected chi connectivity index (χ3v) is 2.62. The molecule has 1 aromatic carbocycles. The predicted molar refractivity (Wildman–Crippen MR) is 76.7 cm³/mol. The highest BCUT2D eigenvalue weighted by Gasteiger charge is 2.20. The molecule has 1 rings (SSSR count). The molecule has 6 heteroatoms. The van der Waals surface area contributed by atoms with E-state index in [2.05, 4.69) is 0 Å². The zero-order valence-corrected chi connectivity index (χ0v) is 12.9. The Balaban J connectivity index is 3.30. The SMILES string of the molecule is CC(=O)Oc1ccc(C(=O)CN(C)C)c(OC(C)=O)c1C. The molecular weight excluding hydrogens is 274 g/mol. The fourth-order valence-corrected chi connectivity index (χ4v) is 1.81. The molecule has 114 valence electrons. The van der Waals surface area contributed by atoms with E-state index in [0.29, 0.717) is 5.56 Å². The molecule has 0 aromatic heterocycles. The molecular formula is C15H19NO5. The standard InChI is InChI=1S/C15H19NO5/c1-9-14(20-10(2)17)7-6-12(13(19)8-16(4)5)15(9)21-11(3)18/h6-7H,8H2,1-5H3. The van der Waals surface area contributed by atoms with Gasteiger partial charge in [0.15, 0.2) is 5.78 Å². The summed E-state index contributed by atoms with van der Waals surface area (Å²) in [6.07, 6.45) is 0. The van der Waals surface area contributed by atoms with Crippen molar-refractivity contribution in [2.75, 3.05) is 20.6 Å². The van der Waals surface area contributed by atoms with E-state index >= 15 is 0 Å². The van der Waals surface area contributed by atoms with Crippen LogP contribution < -0.4 is 9.47 Å². The molecule has 0 saturated carbocycles. The van der Waals surface area contributed by atoms with E-state index in [1.54, 1.807) is 25.9 Å². The first-order valence-electron chi connectivity index (χ1n) is 6.40. The van der Waals surface area contributed by atoms with Crippen LogP contribution in [0.2, 0.25) is 0 Å². The Morgan fingerprint density at radius 3 is 2.10 bits per heavy atom. The van der Waals surface area contributed by atoms with Crippen LogP contribution in [0.25, 0.3) is 0 Å². The number of hydrogen-bond donors (Lipinski definition) is 0. The molecule has 0 amide bonds. The van der Waals surface area contributed by atoms with E-state index in [-0.39, 0.29) is 29.4 Å². The zero-order chi connectivity index (χ0) is 16.2. The summed E-state index contributed by atoms with van der Waals surface area (Å²) in [4.78, 5) is 36.2. The second kappa shape index (κ2) is 6.99. The van der Waals surface area contributed by atoms with Crippen molar-refractivity contribution < 1.29 is 23.9 Å². The number of esters is 2. The number of hydrogen-bond acceptors (Lipinski definition) is 6. The topological polar surface area (TPSA) is 72.9 Å². The van der Waals surface area contributed by atoms with Crippen molar-refractivity contribution in [2.45, 2.75) is 20.8 Å². The highest BCUT2D eigenvalue weighted by Crippen LogP contribution is 2.32. The Hall–Kier alpha value is -2.21. The fourth-order valence-electron chi connectivity index (χ4n) is 1.81. The normalized spacial score (nSPS) is 10.4. The molecule has 6 nitrogen and oxygen atoms in total. The van der Waals surface area contributed by atoms with Crippen LogP contribution in [0.3, 0.4) is 0 Å². The van der Waals surface area contributed by atoms with Gasteiger partial charge in [-0.3, -0.25) is 14.4 Å². The first-order valence-corrected chi connectivity index (χ1v) is 6.40. The summed E-state index contributed by atoms with van der Waals surface area (Å²) >= 11 is 0. The van der Waals surface area contributed by atoms with E-state index in [4.69, 9.17) is 9.47 Å². The van der Waals surface area contributed by atoms with Gasteiger partial charge >= 0.3 is 11.9 Å². The summed E-state index contributed by atoms with van der Waals surface area (Å²) in [6, 6.07) is 3.02. The van der Waals surface area contributed by atoms with Gasteiger partial charge in [-0.2, -0.15) is 0 Å². The van der Waals surface area contributed by atoms with E-state index in [9.17, 15) is 14.4 Å². The number of ketones is 1. The minimum absolute atomic E-state index is 0.133. The lowest BCUT2D eigenvalue weighted by molar-refractivity contribution is -0.132. The molecule has 0 unspecified atom stereocenters. The van der Waals surface area contributed by atoms with Gasteiger partial charge in [-0.25, -0.2) is 0 Å². The molecule has 0 spiro atoms. The van der Waals surface area contributed by atoms with E-state index in [1.165, 1.54) is 26.0 Å². The number of rotatable bonds is 5. The van der Waals surface area contributed by atoms with Crippen molar-refractivity contribution >= 4 is 17.7 Å². The lowest BCUT2D eigenvalue weighted by Crippen LogP contribution is -2.23. The maximum Gasteiger partial charge on any atom is 0.308 e. The molecule has 0 fully saturated rings. The molecule has 1 aromatic rings. The molecule has 0 aliphatic heterocycles. The quantitative estimate of drug-likeness (QED) is 0.466. The Morgan fingerprint density at radius 2 is 1.62 bits per heavy atom. The van der Waals surface area contributed by atoms with Crippen LogP contribution in [0.1, 0.15) is 29.8 Å². The molecule has 0 aliphatic rings. The second-order valence-corrected chi connectivity index (χ2v) is 4.91. The maximum absolute atomic E-state index is 12.2. The van der Waals surface area contributed by atoms with Crippen LogP contribution >= 0.6 is 0 Å². The van der Waals surface area contributed by atoms with E-state index in [1.807, 2.05) is 0 Å². The maximum atomic E-state index is 12.2. The van der Waals surface area contributed by atoms with Crippen LogP contribution in [-0.4, -0.2) is 43.3 Å². The fraction of sp³-hybridized carbons (Fsp3) is 0.400. The highest BCUT2D eigenvalue weighted by atomic mass is 16.5. The van der Waals surface area contributed by atoms with Crippen molar-refractivity contribution in [3.05, 3.63) is 23.3 Å². The average Bonchev–Trinajstić information content (AvgIpc) is 2.32. The van der Waals surface area contributed by atoms with Gasteiger partial charge in [0.05, 0.1) is 12.1 Å². The average molecular weight is 293 g/mol. The summed E-state index contributed by atoms with van der Waals surface area (Å²) in [5.41, 5.74) is 0.720. The van der Waals surface area contributed by atoms with Crippen molar-refractivity contribution in [3.8, 4) is 11.5 Å². The van der Waals surface area contributed by atoms with Gasteiger partial charge < -0.3 is 14.4 Å². The number of benzene rings is 1. The third kappa shape index (κ3) is 4.68. The van der Waals surface area contributed by atoms with Crippen LogP contribution in [0.15, 0.2) is 12.1 Å². The summed E-state index contributed by atoms with van der Waals surface area (Å²) in [7, 11) is 3.53. The van der Waals surface area contributed by atoms with Gasteiger partial charge in [0.2, 0.25) is 0 Å². The largest absolute Gasteiger partial charge is 0.426 e. The monoisotopic (exact) mass is 293 g/mol. The van der Waals surface area contributed by atoms with Crippen molar-refractivity contribution in [1.82, 2.24) is 4.90 Å². The molecule has 0 radical (unpaired) electrons. The molecule has 21 heavy (non-hydrogen) atoms. The summed E-state index contributed by atoms with van der Waals surface area (Å²) in [5.74, 6) is -0.821. The minimum Gasteiger partial charge on any atom is -0.426 e. The molecule has 0 heterocycles. The smallest absolute Gasteiger partial charge is 0.308 e. The number of nitrogens with zero attached hydrogens (tertiary/aromatic N) is 1. The predicted octanol–water partition coefficient (Wildman–Crippen LogP) is 1.59. The first kappa shape index (κ1) is 16.8. The summed E-state index contributed by atoms with van der Waals surface area (Å²) in [5, 5.41) is 0. The third-order valence-electron chi connectivity index (χ3n) is 2.62. The minimum atomic E-state index is -0.544. The molecule has 0 atom stereocenters. The van der Waals surface area contributed by atoms with E-state index < -0.39 is 11.9 Å². The number of carbonyl (C=O) groups excluding carboxylic acids is 3. The second-order valence-electron chi connectivity index (χ2n) is 4.91. The van der Waals surface area contributed by atoms with Gasteiger partial charge in [0.25, 0.3) is 0 Å². The van der Waals surface area contributed by atoms with Crippen LogP contribution in [0, 0.1) is 6.92 Å². The number of ether oxygens (including phenoxy) is 2. The van der Waals surface area contributed by atoms with Crippen molar-refractivity contribution in [1.29, 1.82) is 0 Å². The molecule has 0 saturated heterocycles.